The molecule has 0 radical (unpaired) electrons. The molecule has 4 N–H and O–H groups in total. The van der Waals surface area contributed by atoms with E-state index in [2.05, 4.69) is 12.2 Å². The highest BCUT2D eigenvalue weighted by Crippen LogP contribution is 2.14. The van der Waals surface area contributed by atoms with Crippen LogP contribution in [0.1, 0.15) is 96.8 Å². The Morgan fingerprint density at radius 2 is 1.24 bits per heavy atom. The van der Waals surface area contributed by atoms with Gasteiger partial charge in [0.15, 0.2) is 0 Å². The van der Waals surface area contributed by atoms with Crippen LogP contribution < -0.4 is 5.32 Å². The highest BCUT2D eigenvalue weighted by molar-refractivity contribution is 5.77. The number of aliphatic hydroxyl groups is 3. The number of carbonyl (C=O) groups is 1. The van der Waals surface area contributed by atoms with Crippen molar-refractivity contribution in [2.24, 2.45) is 0 Å². The average Bonchev–Trinajstić information content (AvgIpc) is 2.63. The van der Waals surface area contributed by atoms with Gasteiger partial charge in [0.25, 0.3) is 0 Å². The van der Waals surface area contributed by atoms with Crippen molar-refractivity contribution in [3.05, 3.63) is 0 Å². The van der Waals surface area contributed by atoms with E-state index in [0.29, 0.717) is 6.42 Å². The Morgan fingerprint density at radius 3 is 1.64 bits per heavy atom. The van der Waals surface area contributed by atoms with Crippen molar-refractivity contribution in [3.8, 4) is 0 Å². The van der Waals surface area contributed by atoms with E-state index in [-0.39, 0.29) is 6.61 Å². The Labute approximate surface area is 154 Å². The van der Waals surface area contributed by atoms with E-state index in [9.17, 15) is 15.0 Å². The zero-order chi connectivity index (χ0) is 18.8. The van der Waals surface area contributed by atoms with Crippen LogP contribution in [0.3, 0.4) is 0 Å². The molecule has 0 aliphatic rings. The summed E-state index contributed by atoms with van der Waals surface area (Å²) in [6.45, 7) is 1.31. The normalized spacial score (nSPS) is 13.6. The summed E-state index contributed by atoms with van der Waals surface area (Å²) in [5.41, 5.74) is 0. The number of aliphatic hydroxyl groups excluding tert-OH is 3. The number of nitrogens with one attached hydrogen (secondary N) is 1. The minimum Gasteiger partial charge on any atom is -0.394 e. The maximum Gasteiger partial charge on any atom is 0.246 e. The third kappa shape index (κ3) is 15.3. The second kappa shape index (κ2) is 18.2. The highest BCUT2D eigenvalue weighted by Gasteiger charge is 2.19. The standard InChI is InChI=1S/C20H41NO4/c1-2-3-4-5-6-7-8-9-10-11-12-13-14-15-19(24)18(16-22)21-20(25)17-23/h18-19,22-24H,2-17H2,1H3,(H,21,25). The van der Waals surface area contributed by atoms with Crippen molar-refractivity contribution >= 4 is 5.91 Å². The second-order valence-electron chi connectivity index (χ2n) is 7.11. The van der Waals surface area contributed by atoms with Crippen LogP contribution in [0.25, 0.3) is 0 Å². The van der Waals surface area contributed by atoms with Crippen LogP contribution in [-0.4, -0.2) is 46.6 Å². The molecule has 1 amide bonds. The summed E-state index contributed by atoms with van der Waals surface area (Å²) in [4.78, 5) is 11.1. The van der Waals surface area contributed by atoms with Gasteiger partial charge in [-0.2, -0.15) is 0 Å². The van der Waals surface area contributed by atoms with E-state index >= 15 is 0 Å². The maximum atomic E-state index is 11.1. The molecule has 0 aromatic rings. The van der Waals surface area contributed by atoms with Gasteiger partial charge in [-0.1, -0.05) is 90.4 Å². The Balaban J connectivity index is 3.40. The quantitative estimate of drug-likeness (QED) is 0.283. The number of hydrogen-bond donors (Lipinski definition) is 4. The average molecular weight is 360 g/mol. The molecule has 150 valence electrons. The van der Waals surface area contributed by atoms with Crippen LogP contribution >= 0.6 is 0 Å². The third-order valence-corrected chi connectivity index (χ3v) is 4.75. The topological polar surface area (TPSA) is 89.8 Å². The van der Waals surface area contributed by atoms with Crippen LogP contribution in [0.5, 0.6) is 0 Å². The van der Waals surface area contributed by atoms with E-state index in [1.54, 1.807) is 0 Å². The lowest BCUT2D eigenvalue weighted by Gasteiger charge is -2.21. The predicted molar refractivity (Wildman–Crippen MR) is 102 cm³/mol. The second-order valence-corrected chi connectivity index (χ2v) is 7.11. The maximum absolute atomic E-state index is 11.1. The number of carbonyl (C=O) groups excluding carboxylic acids is 1. The molecule has 0 saturated heterocycles. The molecular weight excluding hydrogens is 318 g/mol. The Kier molecular flexibility index (Phi) is 17.7. The lowest BCUT2D eigenvalue weighted by molar-refractivity contribution is -0.125. The van der Waals surface area contributed by atoms with Crippen LogP contribution in [0.2, 0.25) is 0 Å². The first-order valence-corrected chi connectivity index (χ1v) is 10.3. The summed E-state index contributed by atoms with van der Waals surface area (Å²) in [6.07, 6.45) is 16.4. The lowest BCUT2D eigenvalue weighted by atomic mass is 10.0. The molecule has 0 aliphatic carbocycles. The summed E-state index contributed by atoms with van der Waals surface area (Å²) in [6, 6.07) is -0.683. The largest absolute Gasteiger partial charge is 0.394 e. The van der Waals surface area contributed by atoms with Gasteiger partial charge in [0.1, 0.15) is 6.61 Å². The molecule has 0 spiro atoms. The van der Waals surface area contributed by atoms with E-state index in [1.165, 1.54) is 70.6 Å². The third-order valence-electron chi connectivity index (χ3n) is 4.75. The van der Waals surface area contributed by atoms with Crippen LogP contribution in [0.15, 0.2) is 0 Å². The molecule has 0 aromatic heterocycles. The van der Waals surface area contributed by atoms with Crippen molar-refractivity contribution in [2.45, 2.75) is 109 Å². The van der Waals surface area contributed by atoms with Gasteiger partial charge in [-0.15, -0.1) is 0 Å². The molecule has 0 aliphatic heterocycles. The fraction of sp³-hybridized carbons (Fsp3) is 0.950. The van der Waals surface area contributed by atoms with Crippen molar-refractivity contribution < 1.29 is 20.1 Å². The van der Waals surface area contributed by atoms with Crippen LogP contribution in [0, 0.1) is 0 Å². The lowest BCUT2D eigenvalue weighted by Crippen LogP contribution is -2.46. The Bertz CT molecular complexity index is 299. The molecule has 25 heavy (non-hydrogen) atoms. The number of hydrogen-bond acceptors (Lipinski definition) is 4. The summed E-state index contributed by atoms with van der Waals surface area (Å²) in [5.74, 6) is -0.566. The Hall–Kier alpha value is -0.650. The zero-order valence-electron chi connectivity index (χ0n) is 16.2. The van der Waals surface area contributed by atoms with Gasteiger partial charge in [-0.3, -0.25) is 4.79 Å². The van der Waals surface area contributed by atoms with Gasteiger partial charge in [0, 0.05) is 0 Å². The van der Waals surface area contributed by atoms with E-state index in [0.717, 1.165) is 12.8 Å². The first kappa shape index (κ1) is 24.4. The van der Waals surface area contributed by atoms with E-state index in [4.69, 9.17) is 5.11 Å². The molecule has 0 saturated carbocycles. The monoisotopic (exact) mass is 359 g/mol. The van der Waals surface area contributed by atoms with E-state index in [1.807, 2.05) is 0 Å². The van der Waals surface area contributed by atoms with Crippen LogP contribution in [0.4, 0.5) is 0 Å². The smallest absolute Gasteiger partial charge is 0.246 e. The summed E-state index contributed by atoms with van der Waals surface area (Å²) in [5, 5.41) is 30.3. The van der Waals surface area contributed by atoms with Gasteiger partial charge in [-0.05, 0) is 6.42 Å². The molecule has 0 bridgehead atoms. The van der Waals surface area contributed by atoms with E-state index < -0.39 is 24.7 Å². The minimum absolute atomic E-state index is 0.314. The molecule has 0 fully saturated rings. The molecule has 0 aromatic carbocycles. The fourth-order valence-corrected chi connectivity index (χ4v) is 3.09. The van der Waals surface area contributed by atoms with Crippen molar-refractivity contribution in [2.75, 3.05) is 13.2 Å². The van der Waals surface area contributed by atoms with Gasteiger partial charge in [-0.25, -0.2) is 0 Å². The molecule has 2 atom stereocenters. The summed E-state index contributed by atoms with van der Waals surface area (Å²) < 4.78 is 0. The van der Waals surface area contributed by atoms with Crippen LogP contribution in [-0.2, 0) is 4.79 Å². The molecule has 5 nitrogen and oxygen atoms in total. The molecular formula is C20H41NO4. The van der Waals surface area contributed by atoms with Crippen molar-refractivity contribution in [3.63, 3.8) is 0 Å². The van der Waals surface area contributed by atoms with Gasteiger partial charge >= 0.3 is 0 Å². The number of rotatable bonds is 18. The zero-order valence-corrected chi connectivity index (χ0v) is 16.2. The van der Waals surface area contributed by atoms with Crippen molar-refractivity contribution in [1.29, 1.82) is 0 Å². The fourth-order valence-electron chi connectivity index (χ4n) is 3.09. The van der Waals surface area contributed by atoms with Gasteiger partial charge in [0.2, 0.25) is 5.91 Å². The summed E-state index contributed by atoms with van der Waals surface area (Å²) in [7, 11) is 0. The predicted octanol–water partition coefficient (Wildman–Crippen LogP) is 3.30. The first-order valence-electron chi connectivity index (χ1n) is 10.3. The summed E-state index contributed by atoms with van der Waals surface area (Å²) >= 11 is 0. The highest BCUT2D eigenvalue weighted by atomic mass is 16.3. The minimum atomic E-state index is -0.756. The number of amides is 1. The Morgan fingerprint density at radius 1 is 0.800 bits per heavy atom. The van der Waals surface area contributed by atoms with Gasteiger partial charge < -0.3 is 20.6 Å². The van der Waals surface area contributed by atoms with Gasteiger partial charge in [0.05, 0.1) is 18.8 Å². The SMILES string of the molecule is CCCCCCCCCCCCCCCC(O)C(CO)NC(=O)CO. The molecule has 2 unspecified atom stereocenters. The number of unbranched alkanes of at least 4 members (excludes halogenated alkanes) is 12. The first-order chi connectivity index (χ1) is 12.2. The molecule has 0 rings (SSSR count). The molecule has 0 heterocycles. The molecule has 5 heteroatoms. The van der Waals surface area contributed by atoms with Crippen molar-refractivity contribution in [1.82, 2.24) is 5.32 Å².